The van der Waals surface area contributed by atoms with E-state index < -0.39 is 65.2 Å². The van der Waals surface area contributed by atoms with Crippen molar-refractivity contribution in [3.63, 3.8) is 0 Å². The van der Waals surface area contributed by atoms with Crippen LogP contribution in [-0.2, 0) is 26.2 Å². The number of likely N-dealkylation sites (tertiary alicyclic amines) is 1. The zero-order valence-corrected chi connectivity index (χ0v) is 27.7. The summed E-state index contributed by atoms with van der Waals surface area (Å²) >= 11 is 0. The average Bonchev–Trinajstić information content (AvgIpc) is 3.37. The summed E-state index contributed by atoms with van der Waals surface area (Å²) in [6, 6.07) is 9.44. The van der Waals surface area contributed by atoms with Crippen LogP contribution in [0.15, 0.2) is 48.5 Å². The van der Waals surface area contributed by atoms with Crippen molar-refractivity contribution in [3.05, 3.63) is 88.5 Å². The van der Waals surface area contributed by atoms with Crippen LogP contribution >= 0.6 is 0 Å². The fourth-order valence-electron chi connectivity index (χ4n) is 6.88. The first-order chi connectivity index (χ1) is 25.0. The Morgan fingerprint density at radius 3 is 2.25 bits per heavy atom. The van der Waals surface area contributed by atoms with Crippen molar-refractivity contribution in [2.45, 2.75) is 55.7 Å². The molecule has 0 saturated carbocycles. The maximum atomic E-state index is 14.5. The first-order valence-corrected chi connectivity index (χ1v) is 16.3. The van der Waals surface area contributed by atoms with Gasteiger partial charge in [-0.05, 0) is 83.7 Å². The molecule has 3 amide bonds. The summed E-state index contributed by atoms with van der Waals surface area (Å²) in [5.41, 5.74) is 2.40. The van der Waals surface area contributed by atoms with Gasteiger partial charge in [0.05, 0.1) is 5.69 Å². The molecule has 3 aromatic rings. The van der Waals surface area contributed by atoms with Gasteiger partial charge in [0.2, 0.25) is 5.91 Å². The molecule has 53 heavy (non-hydrogen) atoms. The predicted octanol–water partition coefficient (Wildman–Crippen LogP) is 5.94. The Morgan fingerprint density at radius 2 is 1.62 bits per heavy atom. The number of fused-ring (bicyclic) bond motifs is 3. The number of urea groups is 1. The van der Waals surface area contributed by atoms with Gasteiger partial charge in [-0.15, -0.1) is 0 Å². The van der Waals surface area contributed by atoms with E-state index >= 15 is 0 Å². The lowest BCUT2D eigenvalue weighted by Crippen LogP contribution is -2.46. The minimum absolute atomic E-state index is 0.101. The molecule has 0 radical (unpaired) electrons. The Hall–Kier alpha value is -5.55. The number of halogens is 7. The summed E-state index contributed by atoms with van der Waals surface area (Å²) in [6.07, 6.45) is -4.08. The zero-order chi connectivity index (χ0) is 38.7. The number of carbonyl (C=O) groups excluding carboxylic acids is 2. The molecule has 18 heteroatoms. The molecule has 11 nitrogen and oxygen atoms in total. The standard InChI is InChI=1S/C33H32F4N4O5.C2HF3O2/c34-20-1-3-22-19(14-29(42)40-27(31(43)44)13-18-11-24(35)30(37)25(36)12-18)17-33(23(22)15-20)5-8-41(9-6-33)32(45)39-21-2-4-26-28(16-21)46-10-7-38-26;3-2(4,5)1(6)7/h1-4,11-12,15-16,19,27,38H,5-10,13-14,17H2,(H,39,45)(H,40,42)(H,43,44);(H,6,7)/t19-,27-;/m1./s1. The Bertz CT molecular complexity index is 1880. The van der Waals surface area contributed by atoms with Gasteiger partial charge in [0.1, 0.15) is 24.2 Å². The van der Waals surface area contributed by atoms with Crippen LogP contribution < -0.4 is 20.7 Å². The minimum Gasteiger partial charge on any atom is -0.490 e. The number of hydrogen-bond donors (Lipinski definition) is 5. The maximum Gasteiger partial charge on any atom is 0.490 e. The largest absolute Gasteiger partial charge is 0.490 e. The zero-order valence-electron chi connectivity index (χ0n) is 27.7. The summed E-state index contributed by atoms with van der Waals surface area (Å²) in [4.78, 5) is 48.7. The van der Waals surface area contributed by atoms with Crippen LogP contribution in [0.4, 0.5) is 46.9 Å². The van der Waals surface area contributed by atoms with E-state index in [1.807, 2.05) is 6.07 Å². The van der Waals surface area contributed by atoms with Crippen LogP contribution in [0.25, 0.3) is 0 Å². The second-order valence-electron chi connectivity index (χ2n) is 12.9. The van der Waals surface area contributed by atoms with Gasteiger partial charge in [-0.25, -0.2) is 31.9 Å². The minimum atomic E-state index is -5.08. The maximum absolute atomic E-state index is 14.5. The number of anilines is 2. The van der Waals surface area contributed by atoms with Gasteiger partial charge in [-0.1, -0.05) is 6.07 Å². The monoisotopic (exact) mass is 754 g/mol. The number of amides is 3. The number of nitrogens with one attached hydrogen (secondary N) is 3. The van der Waals surface area contributed by atoms with E-state index in [0.717, 1.165) is 16.8 Å². The molecule has 2 heterocycles. The van der Waals surface area contributed by atoms with E-state index in [1.165, 1.54) is 12.1 Å². The highest BCUT2D eigenvalue weighted by molar-refractivity contribution is 5.90. The molecule has 3 aromatic carbocycles. The molecular weight excluding hydrogens is 721 g/mol. The van der Waals surface area contributed by atoms with Crippen LogP contribution in [0.3, 0.4) is 0 Å². The van der Waals surface area contributed by atoms with Crippen molar-refractivity contribution < 1.29 is 64.9 Å². The Morgan fingerprint density at radius 1 is 0.962 bits per heavy atom. The molecule has 5 N–H and O–H groups in total. The lowest BCUT2D eigenvalue weighted by atomic mass is 9.73. The number of nitrogens with zero attached hydrogens (tertiary/aromatic N) is 1. The number of alkyl halides is 3. The SMILES string of the molecule is O=C(C[C@@H]1CC2(CCN(C(=O)Nc3ccc4c(c3)OCCN4)CC2)c2cc(F)ccc21)N[C@H](Cc1cc(F)c(F)c(F)c1)C(=O)O.O=C(O)C(F)(F)F. The number of rotatable bonds is 7. The summed E-state index contributed by atoms with van der Waals surface area (Å²) in [7, 11) is 0. The molecule has 0 aromatic heterocycles. The molecule has 0 bridgehead atoms. The third kappa shape index (κ3) is 9.10. The average molecular weight is 755 g/mol. The normalized spacial score (nSPS) is 17.6. The van der Waals surface area contributed by atoms with Gasteiger partial charge in [0.15, 0.2) is 17.5 Å². The molecule has 0 unspecified atom stereocenters. The van der Waals surface area contributed by atoms with Crippen molar-refractivity contribution in [1.82, 2.24) is 10.2 Å². The summed E-state index contributed by atoms with van der Waals surface area (Å²) in [6.45, 7) is 2.03. The highest BCUT2D eigenvalue weighted by atomic mass is 19.4. The van der Waals surface area contributed by atoms with E-state index in [9.17, 15) is 50.2 Å². The molecule has 1 spiro atoms. The second kappa shape index (κ2) is 15.6. The van der Waals surface area contributed by atoms with Crippen LogP contribution in [0.2, 0.25) is 0 Å². The van der Waals surface area contributed by atoms with Gasteiger partial charge in [0.25, 0.3) is 0 Å². The highest BCUT2D eigenvalue weighted by Crippen LogP contribution is 2.53. The summed E-state index contributed by atoms with van der Waals surface area (Å²) in [5, 5.41) is 25.4. The Balaban J connectivity index is 0.000000705. The number of aliphatic carboxylic acids is 2. The van der Waals surface area contributed by atoms with Gasteiger partial charge in [0, 0.05) is 44.2 Å². The van der Waals surface area contributed by atoms with Crippen LogP contribution in [-0.4, -0.2) is 77.4 Å². The number of ether oxygens (including phenoxy) is 1. The fraction of sp³-hybridized carbons (Fsp3) is 0.371. The quantitative estimate of drug-likeness (QED) is 0.147. The molecule has 1 aliphatic carbocycles. The Labute approximate surface area is 297 Å². The molecule has 2 aliphatic heterocycles. The van der Waals surface area contributed by atoms with Crippen molar-refractivity contribution in [3.8, 4) is 5.75 Å². The number of carbonyl (C=O) groups is 4. The van der Waals surface area contributed by atoms with E-state index in [-0.39, 0.29) is 23.9 Å². The summed E-state index contributed by atoms with van der Waals surface area (Å²) in [5.74, 6) is -9.48. The van der Waals surface area contributed by atoms with Gasteiger partial charge >= 0.3 is 24.1 Å². The van der Waals surface area contributed by atoms with E-state index in [2.05, 4.69) is 16.0 Å². The van der Waals surface area contributed by atoms with Crippen molar-refractivity contribution in [2.24, 2.45) is 0 Å². The summed E-state index contributed by atoms with van der Waals surface area (Å²) < 4.78 is 92.6. The van der Waals surface area contributed by atoms with Crippen molar-refractivity contribution in [2.75, 3.05) is 36.9 Å². The number of carboxylic acids is 2. The van der Waals surface area contributed by atoms with E-state index in [0.29, 0.717) is 69.1 Å². The van der Waals surface area contributed by atoms with Crippen LogP contribution in [0.5, 0.6) is 5.75 Å². The Kier molecular flexibility index (Phi) is 11.4. The van der Waals surface area contributed by atoms with Gasteiger partial charge in [-0.2, -0.15) is 13.2 Å². The van der Waals surface area contributed by atoms with Crippen molar-refractivity contribution in [1.29, 1.82) is 0 Å². The van der Waals surface area contributed by atoms with Crippen LogP contribution in [0.1, 0.15) is 48.3 Å². The predicted molar refractivity (Wildman–Crippen MR) is 174 cm³/mol. The molecule has 284 valence electrons. The number of benzene rings is 3. The molecule has 2 atom stereocenters. The van der Waals surface area contributed by atoms with E-state index in [1.54, 1.807) is 23.1 Å². The third-order valence-electron chi connectivity index (χ3n) is 9.37. The van der Waals surface area contributed by atoms with Gasteiger partial charge in [-0.3, -0.25) is 4.79 Å². The highest BCUT2D eigenvalue weighted by Gasteiger charge is 2.47. The first-order valence-electron chi connectivity index (χ1n) is 16.3. The first kappa shape index (κ1) is 38.7. The van der Waals surface area contributed by atoms with Crippen LogP contribution in [0, 0.1) is 23.3 Å². The topological polar surface area (TPSA) is 157 Å². The van der Waals surface area contributed by atoms with Crippen molar-refractivity contribution >= 4 is 35.3 Å². The third-order valence-corrected chi connectivity index (χ3v) is 9.37. The van der Waals surface area contributed by atoms with Gasteiger partial charge < -0.3 is 35.8 Å². The molecule has 6 rings (SSSR count). The lowest BCUT2D eigenvalue weighted by Gasteiger charge is -2.40. The molecular formula is C35H33F7N4O7. The molecule has 1 fully saturated rings. The smallest absolute Gasteiger partial charge is 0.490 e. The van der Waals surface area contributed by atoms with E-state index in [4.69, 9.17) is 14.6 Å². The molecule has 1 saturated heterocycles. The molecule has 3 aliphatic rings. The lowest BCUT2D eigenvalue weighted by molar-refractivity contribution is -0.192. The number of piperidine rings is 1. The fourth-order valence-corrected chi connectivity index (χ4v) is 6.88. The second-order valence-corrected chi connectivity index (χ2v) is 12.9. The number of carboxylic acid groups (broad SMARTS) is 2. The number of hydrogen-bond acceptors (Lipinski definition) is 6.